The number of thioether (sulfide) groups is 1. The number of aromatic amines is 1. The molecule has 0 saturated carbocycles. The lowest BCUT2D eigenvalue weighted by atomic mass is 9.96. The lowest BCUT2D eigenvalue weighted by Crippen LogP contribution is -2.13. The van der Waals surface area contributed by atoms with Gasteiger partial charge in [0.2, 0.25) is 5.89 Å². The topological polar surface area (TPSA) is 102 Å². The molecule has 4 aromatic rings. The SMILES string of the molecule is CC(C)(C)c1noc(CSc2nc3c(cnn3-c3ccccc3)c(=O)[nH]2)n1. The normalized spacial score (nSPS) is 12.0. The van der Waals surface area contributed by atoms with Crippen molar-refractivity contribution in [2.45, 2.75) is 37.1 Å². The van der Waals surface area contributed by atoms with Gasteiger partial charge in [-0.3, -0.25) is 4.79 Å². The van der Waals surface area contributed by atoms with E-state index in [-0.39, 0.29) is 11.0 Å². The van der Waals surface area contributed by atoms with Gasteiger partial charge in [-0.15, -0.1) is 0 Å². The molecule has 3 heterocycles. The number of aromatic nitrogens is 6. The van der Waals surface area contributed by atoms with E-state index >= 15 is 0 Å². The summed E-state index contributed by atoms with van der Waals surface area (Å²) in [5.41, 5.74) is 0.937. The second-order valence-corrected chi connectivity index (χ2v) is 8.01. The van der Waals surface area contributed by atoms with Crippen molar-refractivity contribution in [2.75, 3.05) is 0 Å². The Balaban J connectivity index is 1.63. The van der Waals surface area contributed by atoms with Gasteiger partial charge in [0.25, 0.3) is 5.56 Å². The average molecular weight is 382 g/mol. The maximum atomic E-state index is 12.4. The predicted octanol–water partition coefficient (Wildman–Crippen LogP) is 3.08. The summed E-state index contributed by atoms with van der Waals surface area (Å²) in [6.45, 7) is 6.06. The predicted molar refractivity (Wildman–Crippen MR) is 102 cm³/mol. The monoisotopic (exact) mass is 382 g/mol. The number of H-pyrrole nitrogens is 1. The molecule has 0 atom stereocenters. The first-order valence-corrected chi connectivity index (χ1v) is 9.40. The van der Waals surface area contributed by atoms with Crippen LogP contribution in [0, 0.1) is 0 Å². The van der Waals surface area contributed by atoms with Gasteiger partial charge in [0, 0.05) is 5.41 Å². The summed E-state index contributed by atoms with van der Waals surface area (Å²) < 4.78 is 6.94. The van der Waals surface area contributed by atoms with Crippen LogP contribution in [0.1, 0.15) is 32.5 Å². The summed E-state index contributed by atoms with van der Waals surface area (Å²) in [6, 6.07) is 9.57. The van der Waals surface area contributed by atoms with E-state index in [4.69, 9.17) is 4.52 Å². The molecule has 0 bridgehead atoms. The molecule has 0 spiro atoms. The van der Waals surface area contributed by atoms with Crippen LogP contribution in [-0.2, 0) is 11.2 Å². The highest BCUT2D eigenvalue weighted by atomic mass is 32.2. The maximum Gasteiger partial charge on any atom is 0.262 e. The molecule has 0 saturated heterocycles. The zero-order chi connectivity index (χ0) is 19.0. The number of benzene rings is 1. The highest BCUT2D eigenvalue weighted by molar-refractivity contribution is 7.98. The van der Waals surface area contributed by atoms with Crippen molar-refractivity contribution in [3.05, 3.63) is 58.6 Å². The van der Waals surface area contributed by atoms with Crippen LogP contribution in [0.25, 0.3) is 16.7 Å². The number of nitrogens with one attached hydrogen (secondary N) is 1. The van der Waals surface area contributed by atoms with Gasteiger partial charge in [-0.25, -0.2) is 9.67 Å². The molecule has 9 heteroatoms. The molecule has 0 radical (unpaired) electrons. The number of rotatable bonds is 4. The summed E-state index contributed by atoms with van der Waals surface area (Å²) >= 11 is 1.33. The third kappa shape index (κ3) is 3.50. The molecule has 0 aliphatic heterocycles. The Morgan fingerprint density at radius 2 is 1.96 bits per heavy atom. The quantitative estimate of drug-likeness (QED) is 0.427. The molecular weight excluding hydrogens is 364 g/mol. The number of hydrogen-bond acceptors (Lipinski definition) is 7. The molecule has 138 valence electrons. The molecule has 27 heavy (non-hydrogen) atoms. The highest BCUT2D eigenvalue weighted by Crippen LogP contribution is 2.23. The molecule has 8 nitrogen and oxygen atoms in total. The van der Waals surface area contributed by atoms with Gasteiger partial charge in [0.1, 0.15) is 5.39 Å². The van der Waals surface area contributed by atoms with Crippen LogP contribution in [0.2, 0.25) is 0 Å². The minimum Gasteiger partial charge on any atom is -0.338 e. The molecule has 0 fully saturated rings. The van der Waals surface area contributed by atoms with Crippen molar-refractivity contribution >= 4 is 22.8 Å². The van der Waals surface area contributed by atoms with Crippen molar-refractivity contribution < 1.29 is 4.52 Å². The molecular formula is C18H18N6O2S. The molecule has 4 rings (SSSR count). The van der Waals surface area contributed by atoms with E-state index in [0.29, 0.717) is 33.7 Å². The summed E-state index contributed by atoms with van der Waals surface area (Å²) in [4.78, 5) is 24.1. The minimum atomic E-state index is -0.231. The molecule has 0 unspecified atom stereocenters. The lowest BCUT2D eigenvalue weighted by molar-refractivity contribution is 0.372. The number of fused-ring (bicyclic) bond motifs is 1. The van der Waals surface area contributed by atoms with Gasteiger partial charge in [0.05, 0.1) is 17.6 Å². The van der Waals surface area contributed by atoms with Crippen LogP contribution in [0.3, 0.4) is 0 Å². The summed E-state index contributed by atoms with van der Waals surface area (Å²) in [6.07, 6.45) is 1.52. The molecule has 0 aliphatic rings. The third-order valence-electron chi connectivity index (χ3n) is 3.89. The van der Waals surface area contributed by atoms with Gasteiger partial charge < -0.3 is 9.51 Å². The van der Waals surface area contributed by atoms with Gasteiger partial charge in [-0.2, -0.15) is 10.1 Å². The fourth-order valence-electron chi connectivity index (χ4n) is 2.47. The van der Waals surface area contributed by atoms with Crippen molar-refractivity contribution in [2.24, 2.45) is 0 Å². The molecule has 3 aromatic heterocycles. The first kappa shape index (κ1) is 17.5. The second-order valence-electron chi connectivity index (χ2n) is 7.05. The maximum absolute atomic E-state index is 12.4. The van der Waals surface area contributed by atoms with Crippen LogP contribution in [0.5, 0.6) is 0 Å². The largest absolute Gasteiger partial charge is 0.338 e. The zero-order valence-corrected chi connectivity index (χ0v) is 15.9. The number of para-hydroxylation sites is 1. The van der Waals surface area contributed by atoms with E-state index in [9.17, 15) is 4.79 Å². The Kier molecular flexibility index (Phi) is 4.31. The van der Waals surface area contributed by atoms with Crippen molar-refractivity contribution in [3.63, 3.8) is 0 Å². The van der Waals surface area contributed by atoms with E-state index in [1.807, 2.05) is 51.1 Å². The Morgan fingerprint density at radius 3 is 2.67 bits per heavy atom. The standard InChI is InChI=1S/C18H18N6O2S/c1-18(2,3)16-20-13(26-23-16)10-27-17-21-14-12(15(25)22-17)9-19-24(14)11-7-5-4-6-8-11/h4-9H,10H2,1-3H3,(H,21,22,25). The average Bonchev–Trinajstić information content (AvgIpc) is 3.28. The van der Waals surface area contributed by atoms with Gasteiger partial charge in [-0.05, 0) is 12.1 Å². The van der Waals surface area contributed by atoms with Crippen LogP contribution >= 0.6 is 11.8 Å². The lowest BCUT2D eigenvalue weighted by Gasteiger charge is -2.10. The van der Waals surface area contributed by atoms with Crippen LogP contribution in [0.4, 0.5) is 0 Å². The fourth-order valence-corrected chi connectivity index (χ4v) is 3.17. The second kappa shape index (κ2) is 6.66. The van der Waals surface area contributed by atoms with Crippen molar-refractivity contribution in [3.8, 4) is 5.69 Å². The first-order valence-electron chi connectivity index (χ1n) is 8.41. The molecule has 1 aromatic carbocycles. The highest BCUT2D eigenvalue weighted by Gasteiger charge is 2.21. The fraction of sp³-hybridized carbons (Fsp3) is 0.278. The van der Waals surface area contributed by atoms with Crippen LogP contribution in [0.15, 0.2) is 51.0 Å². The molecule has 0 aliphatic carbocycles. The zero-order valence-electron chi connectivity index (χ0n) is 15.1. The minimum absolute atomic E-state index is 0.180. The first-order chi connectivity index (χ1) is 12.9. The van der Waals surface area contributed by atoms with Gasteiger partial charge in [0.15, 0.2) is 16.6 Å². The Labute approximate surface area is 159 Å². The smallest absolute Gasteiger partial charge is 0.262 e. The van der Waals surface area contributed by atoms with Crippen molar-refractivity contribution in [1.82, 2.24) is 29.9 Å². The molecule has 0 amide bonds. The van der Waals surface area contributed by atoms with Crippen LogP contribution < -0.4 is 5.56 Å². The summed E-state index contributed by atoms with van der Waals surface area (Å²) in [5.74, 6) is 1.55. The van der Waals surface area contributed by atoms with Crippen molar-refractivity contribution in [1.29, 1.82) is 0 Å². The van der Waals surface area contributed by atoms with E-state index in [1.54, 1.807) is 4.68 Å². The number of nitrogens with zero attached hydrogens (tertiary/aromatic N) is 5. The number of hydrogen-bond donors (Lipinski definition) is 1. The van der Waals surface area contributed by atoms with E-state index in [0.717, 1.165) is 5.69 Å². The van der Waals surface area contributed by atoms with Gasteiger partial charge >= 0.3 is 0 Å². The van der Waals surface area contributed by atoms with Crippen LogP contribution in [-0.4, -0.2) is 29.9 Å². The van der Waals surface area contributed by atoms with E-state index in [1.165, 1.54) is 18.0 Å². The Morgan fingerprint density at radius 1 is 1.19 bits per heavy atom. The summed E-state index contributed by atoms with van der Waals surface area (Å²) in [7, 11) is 0. The third-order valence-corrected chi connectivity index (χ3v) is 4.75. The van der Waals surface area contributed by atoms with Gasteiger partial charge in [-0.1, -0.05) is 55.9 Å². The molecule has 1 N–H and O–H groups in total. The Hall–Kier alpha value is -2.94. The van der Waals surface area contributed by atoms with E-state index in [2.05, 4.69) is 25.2 Å². The summed E-state index contributed by atoms with van der Waals surface area (Å²) in [5, 5.41) is 9.22. The Bertz CT molecular complexity index is 1140. The van der Waals surface area contributed by atoms with E-state index < -0.39 is 0 Å².